The topological polar surface area (TPSA) is 17.1 Å². The first kappa shape index (κ1) is 20.6. The molecule has 0 N–H and O–H groups in total. The summed E-state index contributed by atoms with van der Waals surface area (Å²) >= 11 is 0. The van der Waals surface area contributed by atoms with Gasteiger partial charge in [-0.3, -0.25) is 4.79 Å². The van der Waals surface area contributed by atoms with Crippen LogP contribution in [0.2, 0.25) is 0 Å². The second-order valence-corrected chi connectivity index (χ2v) is 9.58. The first-order valence-corrected chi connectivity index (χ1v) is 11.2. The number of ketones is 1. The molecule has 0 amide bonds. The predicted molar refractivity (Wildman–Crippen MR) is 126 cm³/mol. The molecule has 0 spiro atoms. The van der Waals surface area contributed by atoms with Gasteiger partial charge in [0.2, 0.25) is 0 Å². The van der Waals surface area contributed by atoms with E-state index in [1.165, 1.54) is 22.3 Å². The van der Waals surface area contributed by atoms with Gasteiger partial charge in [-0.2, -0.15) is 0 Å². The number of fused-ring (bicyclic) bond motifs is 3. The van der Waals surface area contributed by atoms with E-state index in [-0.39, 0.29) is 11.7 Å². The molecule has 1 aliphatic carbocycles. The first-order chi connectivity index (χ1) is 14.3. The maximum absolute atomic E-state index is 14.5. The monoisotopic (exact) mass is 396 g/mol. The summed E-state index contributed by atoms with van der Waals surface area (Å²) < 4.78 is 0. The average Bonchev–Trinajstić information content (AvgIpc) is 3.04. The lowest BCUT2D eigenvalue weighted by atomic mass is 9.65. The van der Waals surface area contributed by atoms with Crippen molar-refractivity contribution in [2.75, 3.05) is 0 Å². The molecule has 154 valence electrons. The van der Waals surface area contributed by atoms with Crippen LogP contribution in [0.15, 0.2) is 66.7 Å². The quantitative estimate of drug-likeness (QED) is 0.403. The molecule has 3 aromatic rings. The largest absolute Gasteiger partial charge is 0.293 e. The van der Waals surface area contributed by atoms with Crippen LogP contribution in [-0.2, 0) is 5.41 Å². The maximum atomic E-state index is 14.5. The van der Waals surface area contributed by atoms with Crippen LogP contribution in [0.25, 0.3) is 11.1 Å². The van der Waals surface area contributed by atoms with Crippen molar-refractivity contribution in [3.63, 3.8) is 0 Å². The van der Waals surface area contributed by atoms with Crippen molar-refractivity contribution in [2.24, 2.45) is 5.92 Å². The fraction of sp³-hybridized carbons (Fsp3) is 0.345. The van der Waals surface area contributed by atoms with Crippen LogP contribution >= 0.6 is 0 Å². The second-order valence-electron chi connectivity index (χ2n) is 9.58. The van der Waals surface area contributed by atoms with Crippen LogP contribution < -0.4 is 0 Å². The van der Waals surface area contributed by atoms with Gasteiger partial charge in [-0.25, -0.2) is 0 Å². The Morgan fingerprint density at radius 2 is 1.10 bits per heavy atom. The maximum Gasteiger partial charge on any atom is 0.178 e. The summed E-state index contributed by atoms with van der Waals surface area (Å²) in [4.78, 5) is 14.5. The second kappa shape index (κ2) is 7.54. The van der Waals surface area contributed by atoms with Crippen molar-refractivity contribution in [2.45, 2.75) is 58.8 Å². The molecule has 1 heteroatoms. The molecular weight excluding hydrogens is 364 g/mol. The molecule has 0 atom stereocenters. The van der Waals surface area contributed by atoms with Crippen molar-refractivity contribution >= 4 is 5.78 Å². The Bertz CT molecular complexity index is 1030. The smallest absolute Gasteiger partial charge is 0.178 e. The molecule has 0 saturated carbocycles. The molecule has 1 aliphatic rings. The van der Waals surface area contributed by atoms with Gasteiger partial charge in [0.1, 0.15) is 0 Å². The molecule has 0 bridgehead atoms. The van der Waals surface area contributed by atoms with Crippen LogP contribution in [0.4, 0.5) is 0 Å². The minimum atomic E-state index is -0.656. The van der Waals surface area contributed by atoms with Crippen molar-refractivity contribution < 1.29 is 4.79 Å². The Balaban J connectivity index is 2.01. The molecular formula is C29H32O. The van der Waals surface area contributed by atoms with Crippen LogP contribution in [-0.4, -0.2) is 5.78 Å². The number of carbonyl (C=O) groups excluding carboxylic acids is 1. The number of rotatable bonds is 5. The number of hydrogen-bond donors (Lipinski definition) is 0. The SMILES string of the molecule is CC(C)c1cc(C(=O)C2(C(C)C)c3ccccc3-c3ccccc32)cc(C(C)C)c1. The molecule has 0 heterocycles. The van der Waals surface area contributed by atoms with E-state index < -0.39 is 5.41 Å². The zero-order valence-corrected chi connectivity index (χ0v) is 19.0. The number of Topliss-reactive ketones (excluding diaryl/α,β-unsaturated/α-hetero) is 1. The van der Waals surface area contributed by atoms with Gasteiger partial charge in [0, 0.05) is 5.56 Å². The molecule has 3 aromatic carbocycles. The third kappa shape index (κ3) is 2.95. The van der Waals surface area contributed by atoms with Crippen molar-refractivity contribution in [3.8, 4) is 11.1 Å². The Labute approximate surface area is 181 Å². The van der Waals surface area contributed by atoms with Crippen LogP contribution in [0.3, 0.4) is 0 Å². The highest BCUT2D eigenvalue weighted by Crippen LogP contribution is 2.54. The van der Waals surface area contributed by atoms with Crippen LogP contribution in [0.1, 0.15) is 86.0 Å². The molecule has 0 aromatic heterocycles. The van der Waals surface area contributed by atoms with Gasteiger partial charge in [0.05, 0.1) is 5.41 Å². The number of carbonyl (C=O) groups is 1. The molecule has 0 fully saturated rings. The van der Waals surface area contributed by atoms with E-state index in [1.807, 2.05) is 0 Å². The molecule has 0 radical (unpaired) electrons. The fourth-order valence-electron chi connectivity index (χ4n) is 5.10. The van der Waals surface area contributed by atoms with E-state index in [2.05, 4.69) is 108 Å². The minimum absolute atomic E-state index is 0.139. The Kier molecular flexibility index (Phi) is 5.18. The molecule has 0 unspecified atom stereocenters. The fourth-order valence-corrected chi connectivity index (χ4v) is 5.10. The van der Waals surface area contributed by atoms with E-state index in [9.17, 15) is 4.79 Å². The zero-order valence-electron chi connectivity index (χ0n) is 19.0. The van der Waals surface area contributed by atoms with E-state index >= 15 is 0 Å². The van der Waals surface area contributed by atoms with Gasteiger partial charge in [-0.1, -0.05) is 96.1 Å². The summed E-state index contributed by atoms with van der Waals surface area (Å²) in [5.74, 6) is 1.13. The van der Waals surface area contributed by atoms with Gasteiger partial charge < -0.3 is 0 Å². The highest BCUT2D eigenvalue weighted by molar-refractivity contribution is 6.11. The first-order valence-electron chi connectivity index (χ1n) is 11.2. The number of hydrogen-bond acceptors (Lipinski definition) is 1. The standard InChI is InChI=1S/C29H32O/c1-18(2)21-15-22(19(3)4)17-23(16-21)28(30)29(20(5)6)26-13-9-7-11-24(26)25-12-8-10-14-27(25)29/h7-20H,1-6H3. The third-order valence-corrected chi connectivity index (χ3v) is 6.79. The lowest BCUT2D eigenvalue weighted by Gasteiger charge is -2.35. The lowest BCUT2D eigenvalue weighted by Crippen LogP contribution is -2.40. The van der Waals surface area contributed by atoms with E-state index in [0.717, 1.165) is 16.7 Å². The Hall–Kier alpha value is -2.67. The molecule has 4 rings (SSSR count). The van der Waals surface area contributed by atoms with Crippen LogP contribution in [0.5, 0.6) is 0 Å². The van der Waals surface area contributed by atoms with Gasteiger partial charge in [-0.05, 0) is 63.3 Å². The van der Waals surface area contributed by atoms with E-state index in [4.69, 9.17) is 0 Å². The molecule has 30 heavy (non-hydrogen) atoms. The number of benzene rings is 3. The van der Waals surface area contributed by atoms with Gasteiger partial charge >= 0.3 is 0 Å². The summed E-state index contributed by atoms with van der Waals surface area (Å²) in [7, 11) is 0. The molecule has 1 nitrogen and oxygen atoms in total. The lowest BCUT2D eigenvalue weighted by molar-refractivity contribution is 0.0878. The molecule has 0 aliphatic heterocycles. The minimum Gasteiger partial charge on any atom is -0.293 e. The zero-order chi connectivity index (χ0) is 21.6. The summed E-state index contributed by atoms with van der Waals surface area (Å²) in [5.41, 5.74) is 7.34. The average molecular weight is 397 g/mol. The summed E-state index contributed by atoms with van der Waals surface area (Å²) in [5, 5.41) is 0. The van der Waals surface area contributed by atoms with Crippen LogP contribution in [0, 0.1) is 5.92 Å². The van der Waals surface area contributed by atoms with E-state index in [1.54, 1.807) is 0 Å². The third-order valence-electron chi connectivity index (χ3n) is 6.79. The van der Waals surface area contributed by atoms with E-state index in [0.29, 0.717) is 11.8 Å². The normalized spacial score (nSPS) is 14.3. The van der Waals surface area contributed by atoms with Gasteiger partial charge in [0.15, 0.2) is 5.78 Å². The predicted octanol–water partition coefficient (Wildman–Crippen LogP) is 7.74. The van der Waals surface area contributed by atoms with Gasteiger partial charge in [0.25, 0.3) is 0 Å². The highest BCUT2D eigenvalue weighted by Gasteiger charge is 2.51. The van der Waals surface area contributed by atoms with Crippen molar-refractivity contribution in [3.05, 3.63) is 94.5 Å². The molecule has 0 saturated heterocycles. The summed E-state index contributed by atoms with van der Waals surface area (Å²) in [6.45, 7) is 13.2. The highest BCUT2D eigenvalue weighted by atomic mass is 16.1. The van der Waals surface area contributed by atoms with Crippen molar-refractivity contribution in [1.82, 2.24) is 0 Å². The summed E-state index contributed by atoms with van der Waals surface area (Å²) in [6.07, 6.45) is 0. The van der Waals surface area contributed by atoms with Crippen molar-refractivity contribution in [1.29, 1.82) is 0 Å². The summed E-state index contributed by atoms with van der Waals surface area (Å²) in [6, 6.07) is 23.5. The Morgan fingerprint density at radius 1 is 0.667 bits per heavy atom. The Morgan fingerprint density at radius 3 is 1.50 bits per heavy atom. The van der Waals surface area contributed by atoms with Gasteiger partial charge in [-0.15, -0.1) is 0 Å².